The Bertz CT molecular complexity index is 487. The summed E-state index contributed by atoms with van der Waals surface area (Å²) in [5.74, 6) is -0.0813. The molecule has 0 radical (unpaired) electrons. The standard InChI is InChI=1S/C17H26FN3/c1-3-20-9-10-21(12-13(20)2)17-14(5-4-6-16(17)18)11-19-15-7-8-15/h4-6,13,15,19H,3,7-12H2,1-2H3. The molecule has 1 aliphatic carbocycles. The Hall–Kier alpha value is -1.13. The molecule has 3 nitrogen and oxygen atoms in total. The number of para-hydroxylation sites is 1. The number of hydrogen-bond acceptors (Lipinski definition) is 3. The minimum absolute atomic E-state index is 0.0813. The van der Waals surface area contributed by atoms with E-state index in [0.29, 0.717) is 12.1 Å². The van der Waals surface area contributed by atoms with Gasteiger partial charge in [-0.15, -0.1) is 0 Å². The zero-order valence-corrected chi connectivity index (χ0v) is 13.1. The minimum atomic E-state index is -0.0813. The first kappa shape index (κ1) is 14.8. The molecule has 1 atom stereocenters. The van der Waals surface area contributed by atoms with Gasteiger partial charge < -0.3 is 10.2 Å². The van der Waals surface area contributed by atoms with E-state index in [2.05, 4.69) is 35.0 Å². The van der Waals surface area contributed by atoms with Gasteiger partial charge >= 0.3 is 0 Å². The van der Waals surface area contributed by atoms with E-state index in [1.54, 1.807) is 6.07 Å². The third kappa shape index (κ3) is 3.38. The van der Waals surface area contributed by atoms with Gasteiger partial charge in [-0.2, -0.15) is 0 Å². The van der Waals surface area contributed by atoms with E-state index in [1.165, 1.54) is 12.8 Å². The number of rotatable bonds is 5. The van der Waals surface area contributed by atoms with Gasteiger partial charge in [-0.3, -0.25) is 4.90 Å². The fourth-order valence-electron chi connectivity index (χ4n) is 3.27. The van der Waals surface area contributed by atoms with Crippen LogP contribution >= 0.6 is 0 Å². The van der Waals surface area contributed by atoms with Crippen LogP contribution in [0.4, 0.5) is 10.1 Å². The summed E-state index contributed by atoms with van der Waals surface area (Å²) in [4.78, 5) is 4.69. The highest BCUT2D eigenvalue weighted by Gasteiger charge is 2.26. The second-order valence-electron chi connectivity index (χ2n) is 6.33. The Labute approximate surface area is 127 Å². The normalized spacial score (nSPS) is 23.6. The molecular weight excluding hydrogens is 265 g/mol. The van der Waals surface area contributed by atoms with Gasteiger partial charge in [-0.25, -0.2) is 4.39 Å². The Morgan fingerprint density at radius 2 is 2.10 bits per heavy atom. The van der Waals surface area contributed by atoms with Crippen LogP contribution in [0.1, 0.15) is 32.3 Å². The van der Waals surface area contributed by atoms with Crippen molar-refractivity contribution in [2.45, 2.75) is 45.3 Å². The van der Waals surface area contributed by atoms with Crippen LogP contribution < -0.4 is 10.2 Å². The maximum Gasteiger partial charge on any atom is 0.146 e. The Morgan fingerprint density at radius 3 is 2.76 bits per heavy atom. The molecule has 0 aromatic heterocycles. The first-order valence-corrected chi connectivity index (χ1v) is 8.18. The molecule has 1 aliphatic heterocycles. The van der Waals surface area contributed by atoms with Gasteiger partial charge in [0.1, 0.15) is 5.82 Å². The molecule has 2 fully saturated rings. The summed E-state index contributed by atoms with van der Waals surface area (Å²) >= 11 is 0. The largest absolute Gasteiger partial charge is 0.366 e. The maximum atomic E-state index is 14.4. The second-order valence-corrected chi connectivity index (χ2v) is 6.33. The predicted octanol–water partition coefficient (Wildman–Crippen LogP) is 2.61. The molecule has 1 N–H and O–H groups in total. The fourth-order valence-corrected chi connectivity index (χ4v) is 3.27. The lowest BCUT2D eigenvalue weighted by Gasteiger charge is -2.41. The van der Waals surface area contributed by atoms with Crippen LogP contribution in [-0.2, 0) is 6.54 Å². The van der Waals surface area contributed by atoms with E-state index in [1.807, 2.05) is 6.07 Å². The maximum absolute atomic E-state index is 14.4. The zero-order valence-electron chi connectivity index (χ0n) is 13.1. The SMILES string of the molecule is CCN1CCN(c2c(F)cccc2CNC2CC2)CC1C. The number of nitrogens with zero attached hydrogens (tertiary/aromatic N) is 2. The number of benzene rings is 1. The lowest BCUT2D eigenvalue weighted by molar-refractivity contribution is 0.199. The van der Waals surface area contributed by atoms with Gasteiger partial charge in [0, 0.05) is 38.3 Å². The van der Waals surface area contributed by atoms with E-state index in [4.69, 9.17) is 0 Å². The molecule has 1 aromatic rings. The third-order valence-electron chi connectivity index (χ3n) is 4.72. The van der Waals surface area contributed by atoms with Gasteiger partial charge in [0.05, 0.1) is 5.69 Å². The number of anilines is 1. The van der Waals surface area contributed by atoms with Gasteiger partial charge in [-0.1, -0.05) is 19.1 Å². The van der Waals surface area contributed by atoms with Gasteiger partial charge in [0.15, 0.2) is 0 Å². The van der Waals surface area contributed by atoms with Crippen molar-refractivity contribution in [3.05, 3.63) is 29.6 Å². The zero-order chi connectivity index (χ0) is 14.8. The van der Waals surface area contributed by atoms with Crippen LogP contribution in [0.15, 0.2) is 18.2 Å². The highest BCUT2D eigenvalue weighted by atomic mass is 19.1. The van der Waals surface area contributed by atoms with E-state index in [0.717, 1.165) is 44.0 Å². The van der Waals surface area contributed by atoms with Crippen LogP contribution in [0.5, 0.6) is 0 Å². The van der Waals surface area contributed by atoms with Gasteiger partial charge in [0.2, 0.25) is 0 Å². The average Bonchev–Trinajstić information content (AvgIpc) is 3.29. The van der Waals surface area contributed by atoms with Crippen molar-refractivity contribution in [1.82, 2.24) is 10.2 Å². The lowest BCUT2D eigenvalue weighted by atomic mass is 10.1. The monoisotopic (exact) mass is 291 g/mol. The first-order chi connectivity index (χ1) is 10.2. The Kier molecular flexibility index (Phi) is 4.45. The number of nitrogens with one attached hydrogen (secondary N) is 1. The molecular formula is C17H26FN3. The molecule has 116 valence electrons. The van der Waals surface area contributed by atoms with Crippen molar-refractivity contribution in [2.24, 2.45) is 0 Å². The fraction of sp³-hybridized carbons (Fsp3) is 0.647. The highest BCUT2D eigenvalue weighted by molar-refractivity contribution is 5.55. The van der Waals surface area contributed by atoms with E-state index >= 15 is 0 Å². The second kappa shape index (κ2) is 6.32. The molecule has 3 rings (SSSR count). The smallest absolute Gasteiger partial charge is 0.146 e. The third-order valence-corrected chi connectivity index (χ3v) is 4.72. The average molecular weight is 291 g/mol. The quantitative estimate of drug-likeness (QED) is 0.899. The van der Waals surface area contributed by atoms with Crippen LogP contribution in [0.25, 0.3) is 0 Å². The van der Waals surface area contributed by atoms with Crippen LogP contribution in [-0.4, -0.2) is 43.2 Å². The molecule has 1 saturated carbocycles. The van der Waals surface area contributed by atoms with Crippen molar-refractivity contribution in [1.29, 1.82) is 0 Å². The van der Waals surface area contributed by atoms with E-state index in [9.17, 15) is 4.39 Å². The summed E-state index contributed by atoms with van der Waals surface area (Å²) < 4.78 is 14.4. The molecule has 0 amide bonds. The first-order valence-electron chi connectivity index (χ1n) is 8.18. The minimum Gasteiger partial charge on any atom is -0.366 e. The topological polar surface area (TPSA) is 18.5 Å². The predicted molar refractivity (Wildman–Crippen MR) is 85.2 cm³/mol. The summed E-state index contributed by atoms with van der Waals surface area (Å²) in [7, 11) is 0. The van der Waals surface area contributed by atoms with Crippen molar-refractivity contribution >= 4 is 5.69 Å². The molecule has 4 heteroatoms. The summed E-state index contributed by atoms with van der Waals surface area (Å²) in [5, 5.41) is 3.51. The Morgan fingerprint density at radius 1 is 1.29 bits per heavy atom. The summed E-state index contributed by atoms with van der Waals surface area (Å²) in [5.41, 5.74) is 1.91. The molecule has 1 heterocycles. The molecule has 1 saturated heterocycles. The molecule has 2 aliphatic rings. The van der Waals surface area contributed by atoms with Gasteiger partial charge in [-0.05, 0) is 37.9 Å². The van der Waals surface area contributed by atoms with Crippen LogP contribution in [0, 0.1) is 5.82 Å². The van der Waals surface area contributed by atoms with Crippen molar-refractivity contribution in [3.63, 3.8) is 0 Å². The summed E-state index contributed by atoms with van der Waals surface area (Å²) in [6.07, 6.45) is 2.52. The van der Waals surface area contributed by atoms with Crippen molar-refractivity contribution in [2.75, 3.05) is 31.1 Å². The van der Waals surface area contributed by atoms with E-state index < -0.39 is 0 Å². The summed E-state index contributed by atoms with van der Waals surface area (Å²) in [6, 6.07) is 6.61. The van der Waals surface area contributed by atoms with Gasteiger partial charge in [0.25, 0.3) is 0 Å². The van der Waals surface area contributed by atoms with Crippen molar-refractivity contribution < 1.29 is 4.39 Å². The molecule has 1 aromatic carbocycles. The Balaban J connectivity index is 1.76. The number of piperazine rings is 1. The molecule has 1 unspecified atom stereocenters. The highest BCUT2D eigenvalue weighted by Crippen LogP contribution is 2.28. The molecule has 21 heavy (non-hydrogen) atoms. The summed E-state index contributed by atoms with van der Waals surface area (Å²) in [6.45, 7) is 9.11. The van der Waals surface area contributed by atoms with Crippen LogP contribution in [0.2, 0.25) is 0 Å². The van der Waals surface area contributed by atoms with E-state index in [-0.39, 0.29) is 5.82 Å². The lowest BCUT2D eigenvalue weighted by Crippen LogP contribution is -2.52. The number of hydrogen-bond donors (Lipinski definition) is 1. The van der Waals surface area contributed by atoms with Crippen molar-refractivity contribution in [3.8, 4) is 0 Å². The number of halogens is 1. The molecule has 0 spiro atoms. The van der Waals surface area contributed by atoms with Crippen LogP contribution in [0.3, 0.4) is 0 Å². The molecule has 0 bridgehead atoms. The number of likely N-dealkylation sites (N-methyl/N-ethyl adjacent to an activating group) is 1.